The van der Waals surface area contributed by atoms with E-state index in [9.17, 15) is 9.18 Å². The molecule has 4 aromatic rings. The fourth-order valence-corrected chi connectivity index (χ4v) is 4.63. The van der Waals surface area contributed by atoms with E-state index in [1.807, 2.05) is 41.3 Å². The lowest BCUT2D eigenvalue weighted by molar-refractivity contribution is -0.120. The van der Waals surface area contributed by atoms with E-state index in [2.05, 4.69) is 24.2 Å². The number of hydrogen-bond acceptors (Lipinski definition) is 2. The molecule has 0 radical (unpaired) electrons. The first-order valence-electron chi connectivity index (χ1n) is 10.7. The number of aromatic nitrogens is 2. The summed E-state index contributed by atoms with van der Waals surface area (Å²) in [7, 11) is 0. The zero-order valence-electron chi connectivity index (χ0n) is 17.4. The molecule has 156 valence electrons. The van der Waals surface area contributed by atoms with Gasteiger partial charge in [0.25, 0.3) is 0 Å². The van der Waals surface area contributed by atoms with Crippen molar-refractivity contribution in [2.75, 3.05) is 4.90 Å². The lowest BCUT2D eigenvalue weighted by Gasteiger charge is -2.24. The second-order valence-electron chi connectivity index (χ2n) is 8.17. The molecule has 0 spiro atoms. The van der Waals surface area contributed by atoms with Crippen molar-refractivity contribution in [1.82, 2.24) is 9.78 Å². The SMILES string of the molecule is CC[C@@H]1C[C@H](Cc2ccccc2)C(=O)N1c1ccc2c(cnn2-c2ccc(F)cc2)c1. The van der Waals surface area contributed by atoms with Gasteiger partial charge >= 0.3 is 0 Å². The maximum Gasteiger partial charge on any atom is 0.230 e. The van der Waals surface area contributed by atoms with Gasteiger partial charge in [-0.1, -0.05) is 37.3 Å². The van der Waals surface area contributed by atoms with Crippen molar-refractivity contribution < 1.29 is 9.18 Å². The Hall–Kier alpha value is -3.47. The van der Waals surface area contributed by atoms with Gasteiger partial charge in [-0.15, -0.1) is 0 Å². The Kier molecular flexibility index (Phi) is 5.02. The Balaban J connectivity index is 1.45. The minimum absolute atomic E-state index is 0.00462. The summed E-state index contributed by atoms with van der Waals surface area (Å²) in [6, 6.07) is 22.7. The van der Waals surface area contributed by atoms with Crippen molar-refractivity contribution in [1.29, 1.82) is 0 Å². The number of halogens is 1. The van der Waals surface area contributed by atoms with Crippen molar-refractivity contribution in [3.05, 3.63) is 90.4 Å². The summed E-state index contributed by atoms with van der Waals surface area (Å²) in [5.74, 6) is -0.0725. The largest absolute Gasteiger partial charge is 0.309 e. The van der Waals surface area contributed by atoms with Crippen LogP contribution in [0.3, 0.4) is 0 Å². The Morgan fingerprint density at radius 2 is 1.74 bits per heavy atom. The number of benzene rings is 3. The third kappa shape index (κ3) is 3.61. The molecule has 1 aromatic heterocycles. The maximum absolute atomic E-state index is 13.3. The highest BCUT2D eigenvalue weighted by molar-refractivity contribution is 6.00. The van der Waals surface area contributed by atoms with Gasteiger partial charge in [0.15, 0.2) is 0 Å². The average Bonchev–Trinajstić information content (AvgIpc) is 3.35. The van der Waals surface area contributed by atoms with Gasteiger partial charge in [0.05, 0.1) is 17.4 Å². The van der Waals surface area contributed by atoms with Gasteiger partial charge in [-0.3, -0.25) is 4.79 Å². The number of carbonyl (C=O) groups excluding carboxylic acids is 1. The van der Waals surface area contributed by atoms with E-state index in [0.717, 1.165) is 41.5 Å². The van der Waals surface area contributed by atoms with Crippen molar-refractivity contribution in [3.63, 3.8) is 0 Å². The molecule has 5 rings (SSSR count). The third-order valence-electron chi connectivity index (χ3n) is 6.21. The number of hydrogen-bond donors (Lipinski definition) is 0. The monoisotopic (exact) mass is 413 g/mol. The minimum atomic E-state index is -0.272. The van der Waals surface area contributed by atoms with Crippen LogP contribution in [0.2, 0.25) is 0 Å². The smallest absolute Gasteiger partial charge is 0.230 e. The predicted octanol–water partition coefficient (Wildman–Crippen LogP) is 5.54. The third-order valence-corrected chi connectivity index (χ3v) is 6.21. The van der Waals surface area contributed by atoms with Crippen molar-refractivity contribution >= 4 is 22.5 Å². The van der Waals surface area contributed by atoms with Gasteiger partial charge in [-0.25, -0.2) is 9.07 Å². The molecule has 0 saturated carbocycles. The molecule has 0 bridgehead atoms. The number of amides is 1. The molecule has 5 heteroatoms. The summed E-state index contributed by atoms with van der Waals surface area (Å²) in [5, 5.41) is 5.44. The molecule has 1 amide bonds. The highest BCUT2D eigenvalue weighted by atomic mass is 19.1. The van der Waals surface area contributed by atoms with Crippen LogP contribution in [-0.2, 0) is 11.2 Å². The maximum atomic E-state index is 13.3. The summed E-state index contributed by atoms with van der Waals surface area (Å²) >= 11 is 0. The van der Waals surface area contributed by atoms with Gasteiger partial charge < -0.3 is 4.90 Å². The number of rotatable bonds is 5. The molecule has 3 aromatic carbocycles. The molecule has 2 atom stereocenters. The number of anilines is 1. The molecule has 0 N–H and O–H groups in total. The second-order valence-corrected chi connectivity index (χ2v) is 8.17. The van der Waals surface area contributed by atoms with Crippen LogP contribution in [0, 0.1) is 11.7 Å². The van der Waals surface area contributed by atoms with Gasteiger partial charge in [0.1, 0.15) is 5.82 Å². The summed E-state index contributed by atoms with van der Waals surface area (Å²) in [4.78, 5) is 15.3. The molecule has 1 saturated heterocycles. The van der Waals surface area contributed by atoms with Crippen LogP contribution in [0.25, 0.3) is 16.6 Å². The Morgan fingerprint density at radius 1 is 1.00 bits per heavy atom. The summed E-state index contributed by atoms with van der Waals surface area (Å²) in [6.07, 6.45) is 4.36. The normalized spacial score (nSPS) is 18.8. The van der Waals surface area contributed by atoms with E-state index in [0.29, 0.717) is 0 Å². The van der Waals surface area contributed by atoms with Crippen molar-refractivity contribution in [2.45, 2.75) is 32.2 Å². The molecule has 0 unspecified atom stereocenters. The predicted molar refractivity (Wildman–Crippen MR) is 121 cm³/mol. The van der Waals surface area contributed by atoms with E-state index >= 15 is 0 Å². The first-order chi connectivity index (χ1) is 15.1. The summed E-state index contributed by atoms with van der Waals surface area (Å²) in [5.41, 5.74) is 3.85. The first-order valence-corrected chi connectivity index (χ1v) is 10.7. The van der Waals surface area contributed by atoms with E-state index in [1.165, 1.54) is 17.7 Å². The molecule has 1 fully saturated rings. The van der Waals surface area contributed by atoms with Crippen LogP contribution in [0.5, 0.6) is 0 Å². The lowest BCUT2D eigenvalue weighted by atomic mass is 9.96. The van der Waals surface area contributed by atoms with Crippen LogP contribution in [0.1, 0.15) is 25.3 Å². The van der Waals surface area contributed by atoms with Gasteiger partial charge in [-0.05, 0) is 67.3 Å². The van der Waals surface area contributed by atoms with Crippen molar-refractivity contribution in [3.8, 4) is 5.69 Å². The number of fused-ring (bicyclic) bond motifs is 1. The molecular weight excluding hydrogens is 389 g/mol. The molecule has 0 aliphatic carbocycles. The van der Waals surface area contributed by atoms with Gasteiger partial charge in [0, 0.05) is 23.0 Å². The fraction of sp³-hybridized carbons (Fsp3) is 0.231. The van der Waals surface area contributed by atoms with Crippen molar-refractivity contribution in [2.24, 2.45) is 5.92 Å². The van der Waals surface area contributed by atoms with Crippen LogP contribution in [-0.4, -0.2) is 21.7 Å². The van der Waals surface area contributed by atoms with Gasteiger partial charge in [0.2, 0.25) is 5.91 Å². The second kappa shape index (κ2) is 7.99. The molecule has 2 heterocycles. The van der Waals surface area contributed by atoms with Crippen LogP contribution in [0.4, 0.5) is 10.1 Å². The summed E-state index contributed by atoms with van der Waals surface area (Å²) in [6.45, 7) is 2.14. The van der Waals surface area contributed by atoms with Crippen LogP contribution in [0.15, 0.2) is 79.0 Å². The van der Waals surface area contributed by atoms with E-state index < -0.39 is 0 Å². The van der Waals surface area contributed by atoms with E-state index in [1.54, 1.807) is 23.0 Å². The van der Waals surface area contributed by atoms with Gasteiger partial charge in [-0.2, -0.15) is 5.10 Å². The standard InChI is InChI=1S/C26H24FN3O/c1-2-22-15-19(14-18-6-4-3-5-7-18)26(31)29(22)24-12-13-25-20(16-24)17-28-30(25)23-10-8-21(27)9-11-23/h3-13,16-17,19,22H,2,14-15H2,1H3/t19-,22+/m0/s1. The molecule has 31 heavy (non-hydrogen) atoms. The number of nitrogens with zero attached hydrogens (tertiary/aromatic N) is 3. The van der Waals surface area contributed by atoms with Crippen LogP contribution < -0.4 is 4.90 Å². The average molecular weight is 413 g/mol. The Morgan fingerprint density at radius 3 is 2.48 bits per heavy atom. The zero-order chi connectivity index (χ0) is 21.4. The minimum Gasteiger partial charge on any atom is -0.309 e. The zero-order valence-corrected chi connectivity index (χ0v) is 17.4. The van der Waals surface area contributed by atoms with E-state index in [-0.39, 0.29) is 23.7 Å². The van der Waals surface area contributed by atoms with Crippen LogP contribution >= 0.6 is 0 Å². The Bertz CT molecular complexity index is 1220. The molecule has 4 nitrogen and oxygen atoms in total. The Labute approximate surface area is 180 Å². The number of carbonyl (C=O) groups is 1. The van der Waals surface area contributed by atoms with E-state index in [4.69, 9.17) is 0 Å². The summed E-state index contributed by atoms with van der Waals surface area (Å²) < 4.78 is 15.1. The quantitative estimate of drug-likeness (QED) is 0.431. The lowest BCUT2D eigenvalue weighted by Crippen LogP contribution is -2.33. The topological polar surface area (TPSA) is 38.1 Å². The molecule has 1 aliphatic rings. The fourth-order valence-electron chi connectivity index (χ4n) is 4.63. The highest BCUT2D eigenvalue weighted by Gasteiger charge is 2.39. The molecule has 1 aliphatic heterocycles. The highest BCUT2D eigenvalue weighted by Crippen LogP contribution is 2.35. The molecular formula is C26H24FN3O. The first kappa shape index (κ1) is 19.5.